The van der Waals surface area contributed by atoms with Crippen molar-refractivity contribution in [2.24, 2.45) is 5.92 Å². The topological polar surface area (TPSA) is 99.5 Å². The van der Waals surface area contributed by atoms with Crippen LogP contribution in [0.2, 0.25) is 0 Å². The third-order valence-corrected chi connectivity index (χ3v) is 3.37. The Morgan fingerprint density at radius 2 is 2.05 bits per heavy atom. The highest BCUT2D eigenvalue weighted by Crippen LogP contribution is 2.20. The Bertz CT molecular complexity index is 338. The molecule has 1 heterocycles. The molecule has 2 unspecified atom stereocenters. The van der Waals surface area contributed by atoms with Crippen LogP contribution in [0.15, 0.2) is 0 Å². The van der Waals surface area contributed by atoms with Crippen molar-refractivity contribution in [2.45, 2.75) is 6.04 Å². The quantitative estimate of drug-likeness (QED) is 0.629. The summed E-state index contributed by atoms with van der Waals surface area (Å²) < 4.78 is 10.1. The second-order valence-corrected chi connectivity index (χ2v) is 4.65. The van der Waals surface area contributed by atoms with E-state index in [0.717, 1.165) is 0 Å². The summed E-state index contributed by atoms with van der Waals surface area (Å²) >= 11 is 0. The number of amides is 2. The van der Waals surface area contributed by atoms with Gasteiger partial charge in [0.15, 0.2) is 0 Å². The third kappa shape index (κ3) is 4.06. The molecule has 0 aliphatic carbocycles. The van der Waals surface area contributed by atoms with E-state index in [9.17, 15) is 9.59 Å². The van der Waals surface area contributed by atoms with Crippen LogP contribution in [-0.2, 0) is 14.3 Å². The number of methoxy groups -OCH3 is 1. The first-order valence-electron chi connectivity index (χ1n) is 6.45. The highest BCUT2D eigenvalue weighted by atomic mass is 16.5. The Morgan fingerprint density at radius 1 is 1.35 bits per heavy atom. The van der Waals surface area contributed by atoms with E-state index >= 15 is 0 Å². The number of urea groups is 1. The monoisotopic (exact) mass is 290 g/mol. The van der Waals surface area contributed by atoms with Crippen molar-refractivity contribution in [3.8, 4) is 0 Å². The van der Waals surface area contributed by atoms with Gasteiger partial charge in [0, 0.05) is 27.2 Å². The standard InChI is InChI=1S/C12H22N2O6/c1-13(10-8-20-7-9(10)11(16)17)12(18)14(3-5-15)4-6-19-2/h9-10,15H,3-8H2,1-2H3,(H,16,17). The summed E-state index contributed by atoms with van der Waals surface area (Å²) in [5.74, 6) is -1.69. The van der Waals surface area contributed by atoms with Gasteiger partial charge in [0.25, 0.3) is 0 Å². The van der Waals surface area contributed by atoms with Crippen LogP contribution in [0.25, 0.3) is 0 Å². The normalized spacial score (nSPS) is 21.8. The highest BCUT2D eigenvalue weighted by molar-refractivity contribution is 5.77. The molecule has 2 atom stereocenters. The van der Waals surface area contributed by atoms with Crippen LogP contribution in [-0.4, -0.2) is 91.7 Å². The number of carboxylic acid groups (broad SMARTS) is 1. The van der Waals surface area contributed by atoms with Gasteiger partial charge >= 0.3 is 12.0 Å². The fraction of sp³-hybridized carbons (Fsp3) is 0.833. The van der Waals surface area contributed by atoms with E-state index < -0.39 is 17.9 Å². The molecule has 0 spiro atoms. The van der Waals surface area contributed by atoms with Gasteiger partial charge in [0.2, 0.25) is 0 Å². The number of hydrogen-bond acceptors (Lipinski definition) is 5. The predicted molar refractivity (Wildman–Crippen MR) is 69.4 cm³/mol. The van der Waals surface area contributed by atoms with Crippen molar-refractivity contribution in [1.29, 1.82) is 0 Å². The van der Waals surface area contributed by atoms with Crippen LogP contribution < -0.4 is 0 Å². The van der Waals surface area contributed by atoms with E-state index in [1.165, 1.54) is 16.9 Å². The first-order chi connectivity index (χ1) is 9.52. The Balaban J connectivity index is 2.69. The second-order valence-electron chi connectivity index (χ2n) is 4.65. The Morgan fingerprint density at radius 3 is 2.60 bits per heavy atom. The van der Waals surface area contributed by atoms with Crippen LogP contribution in [0, 0.1) is 5.92 Å². The smallest absolute Gasteiger partial charge is 0.320 e. The lowest BCUT2D eigenvalue weighted by Gasteiger charge is -2.32. The van der Waals surface area contributed by atoms with Crippen molar-refractivity contribution in [3.63, 3.8) is 0 Å². The number of ether oxygens (including phenoxy) is 2. The zero-order valence-corrected chi connectivity index (χ0v) is 11.8. The zero-order chi connectivity index (χ0) is 15.1. The minimum absolute atomic E-state index is 0.107. The number of carboxylic acids is 1. The highest BCUT2D eigenvalue weighted by Gasteiger charge is 2.39. The van der Waals surface area contributed by atoms with Crippen LogP contribution in [0.3, 0.4) is 0 Å². The minimum Gasteiger partial charge on any atom is -0.481 e. The molecular weight excluding hydrogens is 268 g/mol. The maximum atomic E-state index is 12.3. The summed E-state index contributed by atoms with van der Waals surface area (Å²) in [6.07, 6.45) is 0. The molecule has 8 nitrogen and oxygen atoms in total. The number of carbonyl (C=O) groups excluding carboxylic acids is 1. The summed E-state index contributed by atoms with van der Waals surface area (Å²) in [7, 11) is 3.07. The van der Waals surface area contributed by atoms with Crippen molar-refractivity contribution in [3.05, 3.63) is 0 Å². The summed E-state index contributed by atoms with van der Waals surface area (Å²) in [5.41, 5.74) is 0. The van der Waals surface area contributed by atoms with Gasteiger partial charge in [-0.2, -0.15) is 0 Å². The molecule has 20 heavy (non-hydrogen) atoms. The molecular formula is C12H22N2O6. The van der Waals surface area contributed by atoms with Crippen molar-refractivity contribution in [1.82, 2.24) is 9.80 Å². The van der Waals surface area contributed by atoms with Crippen molar-refractivity contribution in [2.75, 3.05) is 53.7 Å². The molecule has 1 aliphatic rings. The summed E-state index contributed by atoms with van der Waals surface area (Å²) in [6, 6.07) is -0.832. The van der Waals surface area contributed by atoms with Crippen LogP contribution in [0.1, 0.15) is 0 Å². The predicted octanol–water partition coefficient (Wildman–Crippen LogP) is -0.921. The molecule has 1 fully saturated rings. The summed E-state index contributed by atoms with van der Waals surface area (Å²) in [5, 5.41) is 18.1. The first-order valence-corrected chi connectivity index (χ1v) is 6.45. The Hall–Kier alpha value is -1.38. The first kappa shape index (κ1) is 16.7. The number of aliphatic hydroxyl groups excluding tert-OH is 1. The average Bonchev–Trinajstić information content (AvgIpc) is 2.91. The number of carbonyl (C=O) groups is 2. The van der Waals surface area contributed by atoms with Crippen LogP contribution >= 0.6 is 0 Å². The lowest BCUT2D eigenvalue weighted by atomic mass is 10.0. The largest absolute Gasteiger partial charge is 0.481 e. The van der Waals surface area contributed by atoms with E-state index in [-0.39, 0.29) is 32.4 Å². The van der Waals surface area contributed by atoms with E-state index in [0.29, 0.717) is 13.2 Å². The SMILES string of the molecule is COCCN(CCO)C(=O)N(C)C1COCC1C(=O)O. The number of likely N-dealkylation sites (N-methyl/N-ethyl adjacent to an activating group) is 1. The fourth-order valence-electron chi connectivity index (χ4n) is 2.15. The van der Waals surface area contributed by atoms with Gasteiger partial charge in [0.1, 0.15) is 5.92 Å². The number of hydrogen-bond donors (Lipinski definition) is 2. The van der Waals surface area contributed by atoms with Crippen LogP contribution in [0.5, 0.6) is 0 Å². The second kappa shape index (κ2) is 8.03. The Labute approximate surface area is 117 Å². The number of aliphatic carboxylic acids is 1. The molecule has 0 aromatic carbocycles. The molecule has 2 N–H and O–H groups in total. The van der Waals surface area contributed by atoms with Gasteiger partial charge in [0.05, 0.1) is 32.5 Å². The van der Waals surface area contributed by atoms with E-state index in [4.69, 9.17) is 19.7 Å². The molecule has 1 saturated heterocycles. The average molecular weight is 290 g/mol. The zero-order valence-electron chi connectivity index (χ0n) is 11.8. The Kier molecular flexibility index (Phi) is 6.69. The molecule has 8 heteroatoms. The molecule has 2 amide bonds. The minimum atomic E-state index is -0.974. The van der Waals surface area contributed by atoms with Crippen LogP contribution in [0.4, 0.5) is 4.79 Å². The van der Waals surface area contributed by atoms with Gasteiger partial charge in [-0.1, -0.05) is 0 Å². The number of aliphatic hydroxyl groups is 1. The summed E-state index contributed by atoms with van der Waals surface area (Å²) in [6.45, 7) is 1.02. The molecule has 0 bridgehead atoms. The maximum absolute atomic E-state index is 12.3. The molecule has 0 aromatic rings. The third-order valence-electron chi connectivity index (χ3n) is 3.37. The molecule has 0 radical (unpaired) electrons. The van der Waals surface area contributed by atoms with Crippen molar-refractivity contribution >= 4 is 12.0 Å². The number of nitrogens with zero attached hydrogens (tertiary/aromatic N) is 2. The van der Waals surface area contributed by atoms with Gasteiger partial charge in [-0.3, -0.25) is 4.79 Å². The number of rotatable bonds is 7. The molecule has 1 aliphatic heterocycles. The van der Waals surface area contributed by atoms with Crippen molar-refractivity contribution < 1.29 is 29.3 Å². The van der Waals surface area contributed by atoms with E-state index in [1.54, 1.807) is 7.05 Å². The van der Waals surface area contributed by atoms with Gasteiger partial charge < -0.3 is 29.5 Å². The van der Waals surface area contributed by atoms with Gasteiger partial charge in [-0.05, 0) is 0 Å². The molecule has 1 rings (SSSR count). The van der Waals surface area contributed by atoms with Gasteiger partial charge in [-0.15, -0.1) is 0 Å². The summed E-state index contributed by atoms with van der Waals surface area (Å²) in [4.78, 5) is 26.2. The lowest BCUT2D eigenvalue weighted by Crippen LogP contribution is -2.51. The van der Waals surface area contributed by atoms with E-state index in [1.807, 2.05) is 0 Å². The molecule has 0 aromatic heterocycles. The van der Waals surface area contributed by atoms with Gasteiger partial charge in [-0.25, -0.2) is 4.79 Å². The maximum Gasteiger partial charge on any atom is 0.320 e. The molecule has 0 saturated carbocycles. The molecule has 116 valence electrons. The fourth-order valence-corrected chi connectivity index (χ4v) is 2.15. The lowest BCUT2D eigenvalue weighted by molar-refractivity contribution is -0.142. The van der Waals surface area contributed by atoms with E-state index in [2.05, 4.69) is 0 Å².